The number of halogens is 3. The van der Waals surface area contributed by atoms with Crippen LogP contribution in [0.4, 0.5) is 18.0 Å². The molecule has 45 heavy (non-hydrogen) atoms. The van der Waals surface area contributed by atoms with Crippen LogP contribution in [0.25, 0.3) is 0 Å². The molecule has 12 nitrogen and oxygen atoms in total. The van der Waals surface area contributed by atoms with Gasteiger partial charge in [-0.1, -0.05) is 53.7 Å². The summed E-state index contributed by atoms with van der Waals surface area (Å²) in [6.07, 6.45) is -5.29. The van der Waals surface area contributed by atoms with Crippen LogP contribution in [-0.4, -0.2) is 95.2 Å². The molecular formula is C30H45F3N6O6. The number of urea groups is 1. The highest BCUT2D eigenvalue weighted by atomic mass is 19.4. The van der Waals surface area contributed by atoms with E-state index in [1.807, 2.05) is 20.8 Å². The van der Waals surface area contributed by atoms with Gasteiger partial charge in [0.2, 0.25) is 23.5 Å². The van der Waals surface area contributed by atoms with E-state index in [-0.39, 0.29) is 18.4 Å². The van der Waals surface area contributed by atoms with Crippen molar-refractivity contribution in [2.75, 3.05) is 19.6 Å². The molecule has 1 aliphatic carbocycles. The summed E-state index contributed by atoms with van der Waals surface area (Å²) >= 11 is 0. The fourth-order valence-corrected chi connectivity index (χ4v) is 6.00. The van der Waals surface area contributed by atoms with Crippen molar-refractivity contribution in [3.8, 4) is 0 Å². The number of nitrogens with one attached hydrogen (secondary N) is 3. The first-order valence-corrected chi connectivity index (χ1v) is 15.1. The van der Waals surface area contributed by atoms with Crippen molar-refractivity contribution < 1.29 is 41.9 Å². The van der Waals surface area contributed by atoms with Crippen molar-refractivity contribution in [1.82, 2.24) is 25.8 Å². The van der Waals surface area contributed by atoms with Gasteiger partial charge in [-0.05, 0) is 30.1 Å². The molecule has 5 N–H and O–H groups in total. The average Bonchev–Trinajstić information content (AvgIpc) is 3.30. The third-order valence-electron chi connectivity index (χ3n) is 8.64. The van der Waals surface area contributed by atoms with Gasteiger partial charge in [0.25, 0.3) is 5.91 Å². The lowest BCUT2D eigenvalue weighted by molar-refractivity contribution is -0.147. The largest absolute Gasteiger partial charge is 0.389 e. The molecule has 15 heteroatoms. The minimum absolute atomic E-state index is 0.0609. The maximum Gasteiger partial charge on any atom is 0.389 e. The topological polar surface area (TPSA) is 171 Å². The molecule has 0 aromatic heterocycles. The Labute approximate surface area is 261 Å². The summed E-state index contributed by atoms with van der Waals surface area (Å²) in [5, 5.41) is 7.63. The summed E-state index contributed by atoms with van der Waals surface area (Å²) in [6, 6.07) is -5.91. The van der Waals surface area contributed by atoms with Crippen molar-refractivity contribution in [3.05, 3.63) is 12.2 Å². The van der Waals surface area contributed by atoms with Gasteiger partial charge in [0.15, 0.2) is 0 Å². The van der Waals surface area contributed by atoms with E-state index in [1.54, 1.807) is 25.7 Å². The number of carbonyl (C=O) groups is 6. The molecule has 6 amide bonds. The zero-order valence-corrected chi connectivity index (χ0v) is 26.7. The van der Waals surface area contributed by atoms with E-state index in [9.17, 15) is 41.9 Å². The van der Waals surface area contributed by atoms with Gasteiger partial charge in [-0.25, -0.2) is 4.79 Å². The number of amides is 6. The minimum Gasteiger partial charge on any atom is -0.363 e. The van der Waals surface area contributed by atoms with Gasteiger partial charge in [-0.3, -0.25) is 24.0 Å². The molecule has 1 unspecified atom stereocenters. The van der Waals surface area contributed by atoms with Gasteiger partial charge in [0.1, 0.15) is 18.1 Å². The van der Waals surface area contributed by atoms with Crippen molar-refractivity contribution in [3.63, 3.8) is 0 Å². The second kappa shape index (κ2) is 13.0. The number of hydrogen-bond acceptors (Lipinski definition) is 6. The monoisotopic (exact) mass is 642 g/mol. The molecule has 0 radical (unpaired) electrons. The number of likely N-dealkylation sites (tertiary alicyclic amines) is 2. The number of alkyl halides is 3. The van der Waals surface area contributed by atoms with Gasteiger partial charge < -0.3 is 31.5 Å². The van der Waals surface area contributed by atoms with E-state index < -0.39 is 89.5 Å². The number of fused-ring (bicyclic) bond motifs is 1. The van der Waals surface area contributed by atoms with Crippen molar-refractivity contribution in [2.24, 2.45) is 28.4 Å². The van der Waals surface area contributed by atoms with Crippen LogP contribution >= 0.6 is 0 Å². The molecule has 0 aromatic carbocycles. The van der Waals surface area contributed by atoms with Crippen molar-refractivity contribution >= 4 is 35.4 Å². The summed E-state index contributed by atoms with van der Waals surface area (Å²) in [7, 11) is 0. The Kier molecular flexibility index (Phi) is 10.3. The lowest BCUT2D eigenvalue weighted by atomic mass is 9.85. The molecule has 3 fully saturated rings. The Morgan fingerprint density at radius 3 is 1.87 bits per heavy atom. The lowest BCUT2D eigenvalue weighted by Crippen LogP contribution is -2.63. The van der Waals surface area contributed by atoms with Crippen LogP contribution in [-0.2, 0) is 24.0 Å². The first-order chi connectivity index (χ1) is 20.5. The number of carbonyl (C=O) groups excluding carboxylic acids is 6. The highest BCUT2D eigenvalue weighted by molar-refractivity contribution is 6.37. The second-order valence-corrected chi connectivity index (χ2v) is 14.3. The summed E-state index contributed by atoms with van der Waals surface area (Å²) in [4.78, 5) is 80.9. The van der Waals surface area contributed by atoms with E-state index in [0.717, 1.165) is 12.8 Å². The highest BCUT2D eigenvalue weighted by Crippen LogP contribution is 2.54. The molecule has 2 saturated heterocycles. The van der Waals surface area contributed by atoms with Crippen LogP contribution in [0.1, 0.15) is 67.2 Å². The van der Waals surface area contributed by atoms with E-state index >= 15 is 0 Å². The fourth-order valence-electron chi connectivity index (χ4n) is 6.00. The van der Waals surface area contributed by atoms with Gasteiger partial charge in [0, 0.05) is 37.9 Å². The Hall–Kier alpha value is -3.65. The number of rotatable bonds is 10. The molecular weight excluding hydrogens is 597 g/mol. The molecule has 6 atom stereocenters. The number of ketones is 1. The highest BCUT2D eigenvalue weighted by Gasteiger charge is 2.61. The Bertz CT molecular complexity index is 1230. The molecule has 0 aromatic rings. The molecule has 0 bridgehead atoms. The summed E-state index contributed by atoms with van der Waals surface area (Å²) in [5.74, 6) is -5.47. The maximum atomic E-state index is 14.0. The molecule has 1 saturated carbocycles. The standard InChI is InChI=1S/C30H45F3N6O6/c1-15-16-14-39(19(18(15)16)24(42)35-17(20(40)23(34)41)10-11-30(31,32)33)26(44)22(29(5,6)7)37-27(45)36-21(28(2,3)4)25(43)38-12-8-9-13-38/h16-19,21-22H,1,8-14H2,2-7H3,(H2,34,41)(H,35,42)(H2,36,37,45)/t16-,17?,18+,19+,21-,22-/m1/s1. The average molecular weight is 643 g/mol. The van der Waals surface area contributed by atoms with Gasteiger partial charge >= 0.3 is 12.2 Å². The van der Waals surface area contributed by atoms with Gasteiger partial charge in [0.05, 0.1) is 6.04 Å². The van der Waals surface area contributed by atoms with E-state index in [4.69, 9.17) is 5.73 Å². The number of primary amides is 1. The van der Waals surface area contributed by atoms with E-state index in [2.05, 4.69) is 22.5 Å². The van der Waals surface area contributed by atoms with E-state index in [1.165, 1.54) is 4.90 Å². The molecule has 3 rings (SSSR count). The molecule has 2 heterocycles. The Morgan fingerprint density at radius 2 is 1.40 bits per heavy atom. The Balaban J connectivity index is 1.81. The SMILES string of the molecule is C=C1[C@H]2[C@@H]1CN(C(=O)[C@@H](NC(=O)N[C@H](C(=O)N1CCCC1)C(C)(C)C)C(C)(C)C)[C@@H]2C(=O)NC(CCC(F)(F)F)C(=O)C(N)=O. The Morgan fingerprint density at radius 1 is 0.889 bits per heavy atom. The van der Waals surface area contributed by atoms with E-state index in [0.29, 0.717) is 18.7 Å². The van der Waals surface area contributed by atoms with Crippen LogP contribution in [0.2, 0.25) is 0 Å². The number of nitrogens with two attached hydrogens (primary N) is 1. The maximum absolute atomic E-state index is 14.0. The quantitative estimate of drug-likeness (QED) is 0.208. The number of hydrogen-bond donors (Lipinski definition) is 4. The predicted octanol–water partition coefficient (Wildman–Crippen LogP) is 1.63. The molecule has 252 valence electrons. The summed E-state index contributed by atoms with van der Waals surface area (Å²) < 4.78 is 38.7. The normalized spacial score (nSPS) is 23.5. The van der Waals surface area contributed by atoms with Crippen LogP contribution in [0.3, 0.4) is 0 Å². The summed E-state index contributed by atoms with van der Waals surface area (Å²) in [6.45, 7) is 15.7. The number of Topliss-reactive ketones (excluding diaryl/α,β-unsaturated/α-hetero) is 1. The van der Waals surface area contributed by atoms with Crippen LogP contribution in [0.5, 0.6) is 0 Å². The van der Waals surface area contributed by atoms with Gasteiger partial charge in [-0.2, -0.15) is 13.2 Å². The molecule has 2 aliphatic heterocycles. The van der Waals surface area contributed by atoms with Crippen molar-refractivity contribution in [2.45, 2.75) is 97.6 Å². The number of piperidine rings is 1. The van der Waals surface area contributed by atoms with Crippen LogP contribution < -0.4 is 21.7 Å². The fraction of sp³-hybridized carbons (Fsp3) is 0.733. The predicted molar refractivity (Wildman–Crippen MR) is 157 cm³/mol. The first kappa shape index (κ1) is 35.8. The third-order valence-corrected chi connectivity index (χ3v) is 8.64. The first-order valence-electron chi connectivity index (χ1n) is 15.1. The zero-order chi connectivity index (χ0) is 34.2. The second-order valence-electron chi connectivity index (χ2n) is 14.3. The number of nitrogens with zero attached hydrogens (tertiary/aromatic N) is 2. The smallest absolute Gasteiger partial charge is 0.363 e. The van der Waals surface area contributed by atoms with Crippen molar-refractivity contribution in [1.29, 1.82) is 0 Å². The molecule has 3 aliphatic rings. The van der Waals surface area contributed by atoms with Gasteiger partial charge in [-0.15, -0.1) is 0 Å². The van der Waals surface area contributed by atoms with Crippen LogP contribution in [0, 0.1) is 22.7 Å². The minimum atomic E-state index is -4.66. The van der Waals surface area contributed by atoms with Crippen LogP contribution in [0.15, 0.2) is 12.2 Å². The third kappa shape index (κ3) is 8.54. The lowest BCUT2D eigenvalue weighted by Gasteiger charge is -2.38. The summed E-state index contributed by atoms with van der Waals surface area (Å²) in [5.41, 5.74) is 4.15. The zero-order valence-electron chi connectivity index (χ0n) is 26.7. The molecule has 0 spiro atoms.